The molecule has 0 aliphatic carbocycles. The number of benzene rings is 2. The van der Waals surface area contributed by atoms with Crippen molar-refractivity contribution in [2.75, 3.05) is 12.4 Å². The third-order valence-corrected chi connectivity index (χ3v) is 5.38. The summed E-state index contributed by atoms with van der Waals surface area (Å²) in [4.78, 5) is 16.6. The van der Waals surface area contributed by atoms with E-state index >= 15 is 0 Å². The first-order valence-electron chi connectivity index (χ1n) is 9.33. The van der Waals surface area contributed by atoms with E-state index in [4.69, 9.17) is 20.8 Å². The molecule has 3 rings (SSSR count). The molecule has 1 heterocycles. The maximum atomic E-state index is 12.1. The normalized spacial score (nSPS) is 10.7. The first-order chi connectivity index (χ1) is 14.0. The summed E-state index contributed by atoms with van der Waals surface area (Å²) in [6.07, 6.45) is 0. The molecule has 0 saturated heterocycles. The number of rotatable bonds is 9. The summed E-state index contributed by atoms with van der Waals surface area (Å²) >= 11 is 7.37. The van der Waals surface area contributed by atoms with Gasteiger partial charge >= 0.3 is 0 Å². The van der Waals surface area contributed by atoms with Gasteiger partial charge in [0.15, 0.2) is 0 Å². The molecule has 5 nitrogen and oxygen atoms in total. The molecule has 0 saturated carbocycles. The smallest absolute Gasteiger partial charge is 0.230 e. The zero-order chi connectivity index (χ0) is 20.6. The molecule has 0 bridgehead atoms. The van der Waals surface area contributed by atoms with E-state index in [1.165, 1.54) is 11.8 Å². The number of halogens is 1. The molecule has 0 radical (unpaired) electrons. The Morgan fingerprint density at radius 1 is 1.17 bits per heavy atom. The van der Waals surface area contributed by atoms with Crippen molar-refractivity contribution in [1.29, 1.82) is 0 Å². The van der Waals surface area contributed by atoms with E-state index in [0.717, 1.165) is 28.3 Å². The minimum Gasteiger partial charge on any atom is -0.494 e. The summed E-state index contributed by atoms with van der Waals surface area (Å²) in [6, 6.07) is 15.1. The van der Waals surface area contributed by atoms with Crippen molar-refractivity contribution in [2.45, 2.75) is 26.1 Å². The van der Waals surface area contributed by atoms with Crippen LogP contribution in [0.1, 0.15) is 23.9 Å². The molecule has 0 unspecified atom stereocenters. The number of carbonyl (C=O) groups excluding carboxylic acids is 1. The van der Waals surface area contributed by atoms with E-state index in [0.29, 0.717) is 35.6 Å². The Morgan fingerprint density at radius 3 is 2.59 bits per heavy atom. The average molecular weight is 431 g/mol. The average Bonchev–Trinajstić information content (AvgIpc) is 3.09. The molecule has 0 fully saturated rings. The number of aromatic nitrogens is 1. The third kappa shape index (κ3) is 6.27. The summed E-state index contributed by atoms with van der Waals surface area (Å²) in [6.45, 7) is 4.96. The number of hydrogen-bond acceptors (Lipinski definition) is 5. The Hall–Kier alpha value is -2.44. The number of thioether (sulfide) groups is 1. The molecule has 0 spiro atoms. The lowest BCUT2D eigenvalue weighted by Gasteiger charge is -2.05. The van der Waals surface area contributed by atoms with E-state index in [-0.39, 0.29) is 5.91 Å². The van der Waals surface area contributed by atoms with Gasteiger partial charge in [0.1, 0.15) is 11.5 Å². The highest BCUT2D eigenvalue weighted by Gasteiger charge is 2.12. The van der Waals surface area contributed by atoms with Gasteiger partial charge in [0, 0.05) is 22.9 Å². The standard InChI is InChI=1S/C22H23ClN2O3S/c1-3-27-19-10-6-17(7-11-19)22-25-20(15(2)28-22)13-29-14-21(26)24-12-16-4-8-18(23)9-5-16/h4-11H,3,12-14H2,1-2H3,(H,24,26). The van der Waals surface area contributed by atoms with Gasteiger partial charge in [-0.3, -0.25) is 4.79 Å². The Morgan fingerprint density at radius 2 is 1.90 bits per heavy atom. The van der Waals surface area contributed by atoms with Crippen molar-refractivity contribution < 1.29 is 13.9 Å². The van der Waals surface area contributed by atoms with Gasteiger partial charge in [-0.15, -0.1) is 11.8 Å². The van der Waals surface area contributed by atoms with Crippen LogP contribution >= 0.6 is 23.4 Å². The topological polar surface area (TPSA) is 64.4 Å². The molecular formula is C22H23ClN2O3S. The summed E-state index contributed by atoms with van der Waals surface area (Å²) in [5, 5.41) is 3.59. The van der Waals surface area contributed by atoms with E-state index in [1.807, 2.05) is 62.4 Å². The van der Waals surface area contributed by atoms with Crippen molar-refractivity contribution in [2.24, 2.45) is 0 Å². The predicted octanol–water partition coefficient (Wildman–Crippen LogP) is 5.25. The second-order valence-electron chi connectivity index (χ2n) is 6.38. The fourth-order valence-corrected chi connectivity index (χ4v) is 3.62. The molecule has 1 amide bonds. The molecule has 29 heavy (non-hydrogen) atoms. The number of nitrogens with one attached hydrogen (secondary N) is 1. The van der Waals surface area contributed by atoms with Gasteiger partial charge in [0.05, 0.1) is 18.1 Å². The first-order valence-corrected chi connectivity index (χ1v) is 10.9. The Bertz CT molecular complexity index is 940. The minimum atomic E-state index is -0.0159. The molecule has 1 aromatic heterocycles. The minimum absolute atomic E-state index is 0.0159. The van der Waals surface area contributed by atoms with Crippen LogP contribution in [-0.2, 0) is 17.1 Å². The number of aryl methyl sites for hydroxylation is 1. The van der Waals surface area contributed by atoms with Crippen molar-refractivity contribution in [3.8, 4) is 17.2 Å². The van der Waals surface area contributed by atoms with Gasteiger partial charge in [-0.1, -0.05) is 23.7 Å². The zero-order valence-electron chi connectivity index (χ0n) is 16.4. The molecule has 1 N–H and O–H groups in total. The van der Waals surface area contributed by atoms with E-state index in [1.54, 1.807) is 0 Å². The molecule has 0 aliphatic rings. The molecule has 7 heteroatoms. The molecule has 3 aromatic rings. The van der Waals surface area contributed by atoms with Crippen LogP contribution in [-0.4, -0.2) is 23.3 Å². The quantitative estimate of drug-likeness (QED) is 0.502. The van der Waals surface area contributed by atoms with Gasteiger partial charge in [0.25, 0.3) is 0 Å². The fourth-order valence-electron chi connectivity index (χ4n) is 2.64. The van der Waals surface area contributed by atoms with Crippen LogP contribution < -0.4 is 10.1 Å². The van der Waals surface area contributed by atoms with Gasteiger partial charge in [-0.05, 0) is 55.8 Å². The third-order valence-electron chi connectivity index (χ3n) is 4.18. The van der Waals surface area contributed by atoms with Gasteiger partial charge in [0.2, 0.25) is 11.8 Å². The monoisotopic (exact) mass is 430 g/mol. The number of oxazole rings is 1. The van der Waals surface area contributed by atoms with Crippen LogP contribution in [0, 0.1) is 6.92 Å². The molecule has 152 valence electrons. The van der Waals surface area contributed by atoms with Crippen LogP contribution in [0.25, 0.3) is 11.5 Å². The number of hydrogen-bond donors (Lipinski definition) is 1. The number of nitrogens with zero attached hydrogens (tertiary/aromatic N) is 1. The highest BCUT2D eigenvalue weighted by molar-refractivity contribution is 7.99. The number of ether oxygens (including phenoxy) is 1. The summed E-state index contributed by atoms with van der Waals surface area (Å²) in [5.74, 6) is 3.12. The van der Waals surface area contributed by atoms with E-state index < -0.39 is 0 Å². The highest BCUT2D eigenvalue weighted by Crippen LogP contribution is 2.26. The van der Waals surface area contributed by atoms with Crippen molar-refractivity contribution in [1.82, 2.24) is 10.3 Å². The second-order valence-corrected chi connectivity index (χ2v) is 7.80. The Kier molecular flexibility index (Phi) is 7.61. The molecular weight excluding hydrogens is 408 g/mol. The number of carbonyl (C=O) groups is 1. The molecule has 2 aromatic carbocycles. The maximum Gasteiger partial charge on any atom is 0.230 e. The lowest BCUT2D eigenvalue weighted by Crippen LogP contribution is -2.24. The van der Waals surface area contributed by atoms with Gasteiger partial charge in [-0.2, -0.15) is 0 Å². The maximum absolute atomic E-state index is 12.1. The van der Waals surface area contributed by atoms with Crippen LogP contribution in [0.3, 0.4) is 0 Å². The van der Waals surface area contributed by atoms with Crippen LogP contribution in [0.15, 0.2) is 52.9 Å². The lowest BCUT2D eigenvalue weighted by molar-refractivity contribution is -0.118. The molecule has 0 atom stereocenters. The second kappa shape index (κ2) is 10.4. The van der Waals surface area contributed by atoms with Crippen LogP contribution in [0.4, 0.5) is 0 Å². The molecule has 0 aliphatic heterocycles. The summed E-state index contributed by atoms with van der Waals surface area (Å²) in [7, 11) is 0. The van der Waals surface area contributed by atoms with Crippen LogP contribution in [0.2, 0.25) is 5.02 Å². The fraction of sp³-hybridized carbons (Fsp3) is 0.273. The Labute approximate surface area is 179 Å². The zero-order valence-corrected chi connectivity index (χ0v) is 18.0. The summed E-state index contributed by atoms with van der Waals surface area (Å²) < 4.78 is 11.3. The highest BCUT2D eigenvalue weighted by atomic mass is 35.5. The van der Waals surface area contributed by atoms with Gasteiger partial charge in [-0.25, -0.2) is 4.98 Å². The van der Waals surface area contributed by atoms with E-state index in [2.05, 4.69) is 10.3 Å². The largest absolute Gasteiger partial charge is 0.494 e. The lowest BCUT2D eigenvalue weighted by atomic mass is 10.2. The SMILES string of the molecule is CCOc1ccc(-c2nc(CSCC(=O)NCc3ccc(Cl)cc3)c(C)o2)cc1. The van der Waals surface area contributed by atoms with Crippen molar-refractivity contribution in [3.05, 3.63) is 70.6 Å². The first kappa shape index (κ1) is 21.3. The van der Waals surface area contributed by atoms with Crippen molar-refractivity contribution >= 4 is 29.3 Å². The van der Waals surface area contributed by atoms with Gasteiger partial charge < -0.3 is 14.5 Å². The van der Waals surface area contributed by atoms with Crippen LogP contribution in [0.5, 0.6) is 5.75 Å². The summed E-state index contributed by atoms with van der Waals surface area (Å²) in [5.41, 5.74) is 2.76. The Balaban J connectivity index is 1.48. The van der Waals surface area contributed by atoms with Crippen molar-refractivity contribution in [3.63, 3.8) is 0 Å². The predicted molar refractivity (Wildman–Crippen MR) is 117 cm³/mol. The van der Waals surface area contributed by atoms with E-state index in [9.17, 15) is 4.79 Å². The number of amides is 1.